The van der Waals surface area contributed by atoms with Crippen LogP contribution < -0.4 is 9.80 Å². The van der Waals surface area contributed by atoms with Crippen molar-refractivity contribution >= 4 is 39.0 Å². The van der Waals surface area contributed by atoms with Crippen molar-refractivity contribution in [1.29, 1.82) is 0 Å². The molecule has 1 fully saturated rings. The van der Waals surface area contributed by atoms with Gasteiger partial charge in [-0.3, -0.25) is 0 Å². The van der Waals surface area contributed by atoms with Crippen LogP contribution in [0.25, 0.3) is 16.0 Å². The third-order valence-corrected chi connectivity index (χ3v) is 6.16. The van der Waals surface area contributed by atoms with E-state index < -0.39 is 0 Å². The molecular formula is C18H20N8S. The van der Waals surface area contributed by atoms with Gasteiger partial charge >= 0.3 is 0 Å². The lowest BCUT2D eigenvalue weighted by Gasteiger charge is -2.36. The number of hydrogen-bond acceptors (Lipinski definition) is 8. The molecule has 1 aliphatic heterocycles. The zero-order valence-electron chi connectivity index (χ0n) is 15.3. The molecule has 0 radical (unpaired) electrons. The van der Waals surface area contributed by atoms with Crippen LogP contribution in [0, 0.1) is 6.92 Å². The molecule has 0 aromatic carbocycles. The zero-order chi connectivity index (χ0) is 18.4. The number of fused-ring (bicyclic) bond motifs is 2. The molecule has 5 heterocycles. The lowest BCUT2D eigenvalue weighted by molar-refractivity contribution is 0.634. The van der Waals surface area contributed by atoms with Gasteiger partial charge in [-0.2, -0.15) is 14.6 Å². The van der Waals surface area contributed by atoms with Crippen molar-refractivity contribution < 1.29 is 0 Å². The van der Waals surface area contributed by atoms with Gasteiger partial charge in [0.25, 0.3) is 5.78 Å². The molecule has 27 heavy (non-hydrogen) atoms. The summed E-state index contributed by atoms with van der Waals surface area (Å²) in [5, 5.41) is 5.51. The largest absolute Gasteiger partial charge is 0.353 e. The van der Waals surface area contributed by atoms with Crippen molar-refractivity contribution in [3.8, 4) is 0 Å². The van der Waals surface area contributed by atoms with Gasteiger partial charge in [-0.1, -0.05) is 6.92 Å². The van der Waals surface area contributed by atoms with E-state index in [4.69, 9.17) is 0 Å². The molecule has 0 bridgehead atoms. The van der Waals surface area contributed by atoms with E-state index in [-0.39, 0.29) is 0 Å². The Morgan fingerprint density at radius 2 is 1.81 bits per heavy atom. The van der Waals surface area contributed by atoms with Crippen molar-refractivity contribution in [3.63, 3.8) is 0 Å². The fourth-order valence-corrected chi connectivity index (χ4v) is 4.53. The highest BCUT2D eigenvalue weighted by Gasteiger charge is 2.23. The van der Waals surface area contributed by atoms with E-state index in [1.165, 1.54) is 10.3 Å². The summed E-state index contributed by atoms with van der Waals surface area (Å²) in [4.78, 5) is 24.8. The summed E-state index contributed by atoms with van der Waals surface area (Å²) in [7, 11) is 0. The summed E-state index contributed by atoms with van der Waals surface area (Å²) in [6.45, 7) is 7.78. The number of piperazine rings is 1. The maximum atomic E-state index is 4.60. The minimum atomic E-state index is 0.648. The highest BCUT2D eigenvalue weighted by molar-refractivity contribution is 7.18. The Morgan fingerprint density at radius 1 is 1.00 bits per heavy atom. The highest BCUT2D eigenvalue weighted by atomic mass is 32.1. The molecule has 1 aliphatic rings. The first kappa shape index (κ1) is 16.4. The summed E-state index contributed by atoms with van der Waals surface area (Å²) in [6.07, 6.45) is 4.27. The van der Waals surface area contributed by atoms with E-state index in [1.54, 1.807) is 24.0 Å². The molecule has 8 nitrogen and oxygen atoms in total. The van der Waals surface area contributed by atoms with Gasteiger partial charge < -0.3 is 9.80 Å². The molecule has 0 N–H and O–H groups in total. The number of rotatable bonds is 3. The van der Waals surface area contributed by atoms with E-state index in [0.717, 1.165) is 54.8 Å². The van der Waals surface area contributed by atoms with Crippen molar-refractivity contribution in [2.45, 2.75) is 20.3 Å². The number of aromatic nitrogens is 6. The quantitative estimate of drug-likeness (QED) is 0.540. The average Bonchev–Trinajstić information content (AvgIpc) is 3.33. The van der Waals surface area contributed by atoms with Gasteiger partial charge in [0.05, 0.1) is 5.39 Å². The molecule has 5 rings (SSSR count). The Bertz CT molecular complexity index is 1110. The van der Waals surface area contributed by atoms with E-state index in [1.807, 2.05) is 11.4 Å². The number of thiophene rings is 1. The van der Waals surface area contributed by atoms with Crippen molar-refractivity contribution in [2.24, 2.45) is 0 Å². The predicted octanol–water partition coefficient (Wildman–Crippen LogP) is 2.33. The van der Waals surface area contributed by atoms with Crippen LogP contribution in [0.1, 0.15) is 17.5 Å². The lowest BCUT2D eigenvalue weighted by Crippen LogP contribution is -2.47. The van der Waals surface area contributed by atoms with Gasteiger partial charge in [-0.05, 0) is 19.4 Å². The standard InChI is InChI=1S/C18H20N8S/c1-3-13-9-14-16(19-10-20-17(14)27-13)25-6-4-24(5-7-25)15-8-12(2)23-18-21-11-22-26(15)18/h8-11H,3-7H2,1-2H3. The number of hydrogen-bond donors (Lipinski definition) is 0. The van der Waals surface area contributed by atoms with Gasteiger partial charge in [-0.25, -0.2) is 15.0 Å². The topological polar surface area (TPSA) is 75.3 Å². The van der Waals surface area contributed by atoms with Crippen LogP contribution in [-0.4, -0.2) is 55.7 Å². The second kappa shape index (κ2) is 6.41. The van der Waals surface area contributed by atoms with Crippen LogP contribution in [-0.2, 0) is 6.42 Å². The molecule has 0 atom stereocenters. The fraction of sp³-hybridized carbons (Fsp3) is 0.389. The molecule has 0 amide bonds. The first-order valence-electron chi connectivity index (χ1n) is 9.13. The van der Waals surface area contributed by atoms with Crippen LogP contribution in [0.4, 0.5) is 11.6 Å². The zero-order valence-corrected chi connectivity index (χ0v) is 16.1. The molecule has 0 spiro atoms. The van der Waals surface area contributed by atoms with Crippen LogP contribution in [0.2, 0.25) is 0 Å². The SMILES string of the molecule is CCc1cc2c(N3CCN(c4cc(C)nc5ncnn45)CC3)ncnc2s1. The number of nitrogens with zero attached hydrogens (tertiary/aromatic N) is 8. The maximum Gasteiger partial charge on any atom is 0.254 e. The first-order chi connectivity index (χ1) is 13.2. The molecular weight excluding hydrogens is 360 g/mol. The molecule has 4 aromatic heterocycles. The molecule has 4 aromatic rings. The molecule has 0 aliphatic carbocycles. The summed E-state index contributed by atoms with van der Waals surface area (Å²) in [5.41, 5.74) is 0.954. The van der Waals surface area contributed by atoms with Gasteiger partial charge in [0.2, 0.25) is 0 Å². The van der Waals surface area contributed by atoms with Crippen molar-refractivity contribution in [2.75, 3.05) is 36.0 Å². The summed E-state index contributed by atoms with van der Waals surface area (Å²) >= 11 is 1.76. The minimum absolute atomic E-state index is 0.648. The lowest BCUT2D eigenvalue weighted by atomic mass is 10.2. The Hall–Kier alpha value is -2.81. The summed E-state index contributed by atoms with van der Waals surface area (Å²) in [5.74, 6) is 2.74. The van der Waals surface area contributed by atoms with Crippen LogP contribution in [0.5, 0.6) is 0 Å². The van der Waals surface area contributed by atoms with Gasteiger partial charge in [0, 0.05) is 42.8 Å². The molecule has 1 saturated heterocycles. The third-order valence-electron chi connectivity index (χ3n) is 4.97. The Kier molecular flexibility index (Phi) is 3.89. The smallest absolute Gasteiger partial charge is 0.254 e. The minimum Gasteiger partial charge on any atom is -0.353 e. The van der Waals surface area contributed by atoms with Crippen LogP contribution >= 0.6 is 11.3 Å². The fourth-order valence-electron chi connectivity index (χ4n) is 3.60. The summed E-state index contributed by atoms with van der Waals surface area (Å²) in [6, 6.07) is 4.32. The van der Waals surface area contributed by atoms with Crippen molar-refractivity contribution in [3.05, 3.63) is 35.4 Å². The van der Waals surface area contributed by atoms with E-state index >= 15 is 0 Å². The van der Waals surface area contributed by atoms with Gasteiger partial charge in [-0.15, -0.1) is 11.3 Å². The Labute approximate surface area is 160 Å². The predicted molar refractivity (Wildman–Crippen MR) is 107 cm³/mol. The van der Waals surface area contributed by atoms with Gasteiger partial charge in [0.1, 0.15) is 29.1 Å². The second-order valence-corrected chi connectivity index (χ2v) is 7.80. The number of anilines is 2. The van der Waals surface area contributed by atoms with E-state index in [2.05, 4.69) is 53.9 Å². The van der Waals surface area contributed by atoms with E-state index in [9.17, 15) is 0 Å². The average molecular weight is 380 g/mol. The molecule has 0 unspecified atom stereocenters. The van der Waals surface area contributed by atoms with Crippen molar-refractivity contribution in [1.82, 2.24) is 29.5 Å². The first-order valence-corrected chi connectivity index (χ1v) is 9.95. The van der Waals surface area contributed by atoms with Crippen LogP contribution in [0.3, 0.4) is 0 Å². The van der Waals surface area contributed by atoms with E-state index in [0.29, 0.717) is 5.78 Å². The molecule has 9 heteroatoms. The normalized spacial score (nSPS) is 15.2. The molecule has 138 valence electrons. The second-order valence-electron chi connectivity index (χ2n) is 6.68. The third kappa shape index (κ3) is 2.78. The Balaban J connectivity index is 1.42. The van der Waals surface area contributed by atoms with Gasteiger partial charge in [0.15, 0.2) is 0 Å². The molecule has 0 saturated carbocycles. The maximum absolute atomic E-state index is 4.60. The Morgan fingerprint density at radius 3 is 2.63 bits per heavy atom. The summed E-state index contributed by atoms with van der Waals surface area (Å²) < 4.78 is 1.82. The highest BCUT2D eigenvalue weighted by Crippen LogP contribution is 2.31. The number of aryl methyl sites for hydroxylation is 2. The monoisotopic (exact) mass is 380 g/mol. The van der Waals surface area contributed by atoms with Crippen LogP contribution in [0.15, 0.2) is 24.8 Å².